The Morgan fingerprint density at radius 1 is 1.44 bits per heavy atom. The molecule has 2 N–H and O–H groups in total. The van der Waals surface area contributed by atoms with Crippen molar-refractivity contribution in [3.05, 3.63) is 12.2 Å². The minimum Gasteiger partial charge on any atom is -0.374 e. The lowest BCUT2D eigenvalue weighted by atomic mass is 9.91. The second kappa shape index (κ2) is 6.85. The Labute approximate surface area is 110 Å². The SMILES string of the molecule is CCCn1ncnc1CC(N)C(C)(CC)OCC. The summed E-state index contributed by atoms with van der Waals surface area (Å²) in [6, 6.07) is -0.0674. The fraction of sp³-hybridized carbons (Fsp3) is 0.846. The maximum Gasteiger partial charge on any atom is 0.138 e. The molecule has 0 saturated carbocycles. The molecule has 1 aromatic heterocycles. The number of hydrogen-bond donors (Lipinski definition) is 1. The molecule has 0 aromatic carbocycles. The van der Waals surface area contributed by atoms with Crippen molar-refractivity contribution in [3.63, 3.8) is 0 Å². The zero-order valence-corrected chi connectivity index (χ0v) is 12.0. The summed E-state index contributed by atoms with van der Waals surface area (Å²) in [4.78, 5) is 4.30. The van der Waals surface area contributed by atoms with Crippen LogP contribution in [0.15, 0.2) is 6.33 Å². The van der Waals surface area contributed by atoms with Gasteiger partial charge < -0.3 is 10.5 Å². The molecular weight excluding hydrogens is 228 g/mol. The normalized spacial score (nSPS) is 16.5. The van der Waals surface area contributed by atoms with Gasteiger partial charge in [0.1, 0.15) is 12.2 Å². The molecule has 0 fully saturated rings. The van der Waals surface area contributed by atoms with E-state index in [0.29, 0.717) is 13.0 Å². The second-order valence-corrected chi connectivity index (χ2v) is 4.81. The van der Waals surface area contributed by atoms with E-state index in [2.05, 4.69) is 30.9 Å². The monoisotopic (exact) mass is 254 g/mol. The highest BCUT2D eigenvalue weighted by molar-refractivity contribution is 4.96. The van der Waals surface area contributed by atoms with Crippen LogP contribution in [0.1, 0.15) is 46.4 Å². The summed E-state index contributed by atoms with van der Waals surface area (Å²) in [6.45, 7) is 9.87. The summed E-state index contributed by atoms with van der Waals surface area (Å²) in [6.07, 6.45) is 4.23. The van der Waals surface area contributed by atoms with Crippen LogP contribution in [0.3, 0.4) is 0 Å². The highest BCUT2D eigenvalue weighted by Gasteiger charge is 2.31. The molecule has 5 nitrogen and oxygen atoms in total. The third-order valence-corrected chi connectivity index (χ3v) is 3.49. The van der Waals surface area contributed by atoms with Gasteiger partial charge in [-0.1, -0.05) is 13.8 Å². The van der Waals surface area contributed by atoms with Crippen LogP contribution >= 0.6 is 0 Å². The Hall–Kier alpha value is -0.940. The number of rotatable bonds is 8. The van der Waals surface area contributed by atoms with Crippen molar-refractivity contribution < 1.29 is 4.74 Å². The van der Waals surface area contributed by atoms with Gasteiger partial charge in [-0.2, -0.15) is 5.10 Å². The molecule has 104 valence electrons. The fourth-order valence-electron chi connectivity index (χ4n) is 2.06. The van der Waals surface area contributed by atoms with Crippen molar-refractivity contribution in [3.8, 4) is 0 Å². The first-order chi connectivity index (χ1) is 8.57. The molecule has 18 heavy (non-hydrogen) atoms. The first-order valence-corrected chi connectivity index (χ1v) is 6.83. The quantitative estimate of drug-likeness (QED) is 0.767. The molecule has 0 bridgehead atoms. The number of aromatic nitrogens is 3. The Morgan fingerprint density at radius 2 is 2.17 bits per heavy atom. The lowest BCUT2D eigenvalue weighted by Gasteiger charge is -2.34. The average molecular weight is 254 g/mol. The van der Waals surface area contributed by atoms with Crippen LogP contribution in [0.4, 0.5) is 0 Å². The van der Waals surface area contributed by atoms with E-state index in [1.165, 1.54) is 0 Å². The van der Waals surface area contributed by atoms with Crippen LogP contribution in [0, 0.1) is 0 Å². The lowest BCUT2D eigenvalue weighted by molar-refractivity contribution is -0.0466. The largest absolute Gasteiger partial charge is 0.374 e. The molecule has 0 saturated heterocycles. The highest BCUT2D eigenvalue weighted by Crippen LogP contribution is 2.21. The molecule has 1 aromatic rings. The van der Waals surface area contributed by atoms with E-state index in [4.69, 9.17) is 10.5 Å². The molecule has 0 aliphatic rings. The van der Waals surface area contributed by atoms with Crippen LogP contribution in [-0.4, -0.2) is 33.0 Å². The minimum absolute atomic E-state index is 0.0674. The summed E-state index contributed by atoms with van der Waals surface area (Å²) in [7, 11) is 0. The van der Waals surface area contributed by atoms with Crippen molar-refractivity contribution in [1.82, 2.24) is 14.8 Å². The van der Waals surface area contributed by atoms with E-state index in [0.717, 1.165) is 25.2 Å². The van der Waals surface area contributed by atoms with Crippen molar-refractivity contribution in [2.45, 2.75) is 65.1 Å². The van der Waals surface area contributed by atoms with E-state index < -0.39 is 0 Å². The van der Waals surface area contributed by atoms with E-state index >= 15 is 0 Å². The maximum absolute atomic E-state index is 6.30. The van der Waals surface area contributed by atoms with Gasteiger partial charge in [0.15, 0.2) is 0 Å². The Balaban J connectivity index is 2.73. The topological polar surface area (TPSA) is 66.0 Å². The van der Waals surface area contributed by atoms with Crippen LogP contribution in [-0.2, 0) is 17.7 Å². The molecule has 5 heteroatoms. The highest BCUT2D eigenvalue weighted by atomic mass is 16.5. The standard InChI is InChI=1S/C13H26N4O/c1-5-8-17-12(15-10-16-17)9-11(14)13(4,6-2)18-7-3/h10-11H,5-9,14H2,1-4H3. The number of nitrogens with zero attached hydrogens (tertiary/aromatic N) is 3. The summed E-state index contributed by atoms with van der Waals surface area (Å²) in [5.74, 6) is 0.948. The van der Waals surface area contributed by atoms with Crippen LogP contribution in [0.2, 0.25) is 0 Å². The zero-order chi connectivity index (χ0) is 13.6. The number of aryl methyl sites for hydroxylation is 1. The average Bonchev–Trinajstić information content (AvgIpc) is 2.77. The molecule has 0 radical (unpaired) electrons. The van der Waals surface area contributed by atoms with Gasteiger partial charge in [0.2, 0.25) is 0 Å². The van der Waals surface area contributed by atoms with Crippen molar-refractivity contribution in [1.29, 1.82) is 0 Å². The van der Waals surface area contributed by atoms with Crippen LogP contribution in [0.25, 0.3) is 0 Å². The Bertz CT molecular complexity index is 353. The van der Waals surface area contributed by atoms with Crippen LogP contribution in [0.5, 0.6) is 0 Å². The van der Waals surface area contributed by atoms with Gasteiger partial charge in [-0.3, -0.25) is 4.68 Å². The maximum atomic E-state index is 6.30. The van der Waals surface area contributed by atoms with E-state index in [9.17, 15) is 0 Å². The van der Waals surface area contributed by atoms with E-state index in [1.807, 2.05) is 11.6 Å². The van der Waals surface area contributed by atoms with Crippen molar-refractivity contribution >= 4 is 0 Å². The molecule has 1 rings (SSSR count). The number of ether oxygens (including phenoxy) is 1. The van der Waals surface area contributed by atoms with Gasteiger partial charge >= 0.3 is 0 Å². The predicted molar refractivity (Wildman–Crippen MR) is 72.3 cm³/mol. The first-order valence-electron chi connectivity index (χ1n) is 6.83. The molecule has 0 aliphatic heterocycles. The molecule has 2 atom stereocenters. The van der Waals surface area contributed by atoms with Gasteiger partial charge in [0.25, 0.3) is 0 Å². The Kier molecular flexibility index (Phi) is 5.75. The van der Waals surface area contributed by atoms with Gasteiger partial charge in [-0.15, -0.1) is 0 Å². The van der Waals surface area contributed by atoms with E-state index in [-0.39, 0.29) is 11.6 Å². The molecule has 0 aliphatic carbocycles. The fourth-order valence-corrected chi connectivity index (χ4v) is 2.06. The first kappa shape index (κ1) is 15.1. The molecule has 0 spiro atoms. The summed E-state index contributed by atoms with van der Waals surface area (Å²) < 4.78 is 7.74. The van der Waals surface area contributed by atoms with Gasteiger partial charge in [0.05, 0.1) is 5.60 Å². The zero-order valence-electron chi connectivity index (χ0n) is 12.0. The smallest absolute Gasteiger partial charge is 0.138 e. The summed E-state index contributed by atoms with van der Waals surface area (Å²) in [5, 5.41) is 4.22. The molecule has 2 unspecified atom stereocenters. The molecular formula is C13H26N4O. The minimum atomic E-state index is -0.294. The van der Waals surface area contributed by atoms with Gasteiger partial charge in [0, 0.05) is 25.6 Å². The molecule has 0 amide bonds. The van der Waals surface area contributed by atoms with Crippen molar-refractivity contribution in [2.24, 2.45) is 5.73 Å². The van der Waals surface area contributed by atoms with Crippen LogP contribution < -0.4 is 5.73 Å². The summed E-state index contributed by atoms with van der Waals surface area (Å²) >= 11 is 0. The van der Waals surface area contributed by atoms with Gasteiger partial charge in [-0.05, 0) is 26.7 Å². The van der Waals surface area contributed by atoms with Gasteiger partial charge in [-0.25, -0.2) is 4.98 Å². The Morgan fingerprint density at radius 3 is 2.72 bits per heavy atom. The number of hydrogen-bond acceptors (Lipinski definition) is 4. The second-order valence-electron chi connectivity index (χ2n) is 4.81. The summed E-state index contributed by atoms with van der Waals surface area (Å²) in [5.41, 5.74) is 6.01. The van der Waals surface area contributed by atoms with E-state index in [1.54, 1.807) is 6.33 Å². The molecule has 1 heterocycles. The van der Waals surface area contributed by atoms with Crippen molar-refractivity contribution in [2.75, 3.05) is 6.61 Å². The third kappa shape index (κ3) is 3.53. The predicted octanol–water partition coefficient (Wildman–Crippen LogP) is 1.76. The number of nitrogens with two attached hydrogens (primary N) is 1. The third-order valence-electron chi connectivity index (χ3n) is 3.49. The lowest BCUT2D eigenvalue weighted by Crippen LogP contribution is -2.49.